The van der Waals surface area contributed by atoms with Crippen LogP contribution in [-0.4, -0.2) is 18.6 Å². The Kier molecular flexibility index (Phi) is 2.15. The van der Waals surface area contributed by atoms with Crippen LogP contribution in [0.3, 0.4) is 0 Å². The summed E-state index contributed by atoms with van der Waals surface area (Å²) in [6.07, 6.45) is 1.54. The second-order valence-electron chi connectivity index (χ2n) is 2.28. The van der Waals surface area contributed by atoms with Crippen molar-refractivity contribution in [2.75, 3.05) is 12.5 Å². The van der Waals surface area contributed by atoms with E-state index in [9.17, 15) is 0 Å². The lowest BCUT2D eigenvalue weighted by Gasteiger charge is -2.07. The highest BCUT2D eigenvalue weighted by Crippen LogP contribution is 2.20. The molecule has 0 N–H and O–H groups in total. The van der Waals surface area contributed by atoms with Gasteiger partial charge in [0.05, 0.1) is 6.10 Å². The maximum Gasteiger partial charge on any atom is 0.0587 e. The summed E-state index contributed by atoms with van der Waals surface area (Å²) in [7, 11) is 0. The minimum Gasteiger partial charge on any atom is -0.378 e. The van der Waals surface area contributed by atoms with Gasteiger partial charge in [-0.05, 0) is 13.3 Å². The fourth-order valence-corrected chi connectivity index (χ4v) is 1.38. The molecule has 1 saturated heterocycles. The molecule has 0 aromatic carbocycles. The molecule has 1 rings (SSSR count). The maximum atomic E-state index is 5.62. The Bertz CT molecular complexity index is 74.9. The number of rotatable bonds is 1. The molecule has 1 fully saturated rings. The minimum absolute atomic E-state index is 0.396. The van der Waals surface area contributed by atoms with Gasteiger partial charge in [0.15, 0.2) is 0 Å². The van der Waals surface area contributed by atoms with Crippen LogP contribution in [0.4, 0.5) is 0 Å². The van der Waals surface area contributed by atoms with Gasteiger partial charge in [-0.3, -0.25) is 0 Å². The number of halogens is 1. The normalized spacial score (nSPS) is 38.2. The van der Waals surface area contributed by atoms with Gasteiger partial charge in [0, 0.05) is 18.4 Å². The molecule has 0 aromatic heterocycles. The Balaban J connectivity index is 2.30. The molecule has 0 aliphatic carbocycles. The van der Waals surface area contributed by atoms with Gasteiger partial charge in [-0.25, -0.2) is 0 Å². The molecule has 1 aliphatic rings. The summed E-state index contributed by atoms with van der Waals surface area (Å²) in [5.74, 6) is 1.36. The smallest absolute Gasteiger partial charge is 0.0587 e. The van der Waals surface area contributed by atoms with Gasteiger partial charge in [-0.2, -0.15) is 0 Å². The van der Waals surface area contributed by atoms with E-state index < -0.39 is 0 Å². The molecule has 0 bridgehead atoms. The van der Waals surface area contributed by atoms with Crippen LogP contribution in [0, 0.1) is 5.92 Å². The van der Waals surface area contributed by atoms with Crippen LogP contribution < -0.4 is 0 Å². The lowest BCUT2D eigenvalue weighted by Crippen LogP contribution is -2.11. The van der Waals surface area contributed by atoms with Crippen molar-refractivity contribution >= 4 is 11.6 Å². The molecule has 48 valence electrons. The summed E-state index contributed by atoms with van der Waals surface area (Å²) < 4.78 is 5.27. The topological polar surface area (TPSA) is 9.23 Å². The molecule has 2 heteroatoms. The van der Waals surface area contributed by atoms with Crippen LogP contribution in [0.15, 0.2) is 0 Å². The van der Waals surface area contributed by atoms with Crippen molar-refractivity contribution in [3.05, 3.63) is 0 Å². The Morgan fingerprint density at radius 1 is 1.75 bits per heavy atom. The number of alkyl halides is 1. The van der Waals surface area contributed by atoms with E-state index in [-0.39, 0.29) is 0 Å². The summed E-state index contributed by atoms with van der Waals surface area (Å²) in [4.78, 5) is 0. The molecule has 8 heavy (non-hydrogen) atoms. The van der Waals surface area contributed by atoms with E-state index in [4.69, 9.17) is 16.3 Å². The molecule has 0 amide bonds. The Labute approximate surface area is 55.0 Å². The van der Waals surface area contributed by atoms with E-state index >= 15 is 0 Å². The average molecular weight is 135 g/mol. The Morgan fingerprint density at radius 2 is 2.50 bits per heavy atom. The van der Waals surface area contributed by atoms with Crippen molar-refractivity contribution in [3.8, 4) is 0 Å². The minimum atomic E-state index is 0.396. The average Bonchev–Trinajstić information content (AvgIpc) is 2.14. The third kappa shape index (κ3) is 1.15. The van der Waals surface area contributed by atoms with Crippen molar-refractivity contribution in [1.29, 1.82) is 0 Å². The Hall–Kier alpha value is 0.250. The highest BCUT2D eigenvalue weighted by Gasteiger charge is 2.22. The SMILES string of the molecule is CC1OCCC1CCl. The standard InChI is InChI=1S/C6H11ClO/c1-5-6(4-7)2-3-8-5/h5-6H,2-4H2,1H3. The monoisotopic (exact) mass is 134 g/mol. The lowest BCUT2D eigenvalue weighted by molar-refractivity contribution is 0.110. The number of hydrogen-bond acceptors (Lipinski definition) is 1. The fourth-order valence-electron chi connectivity index (χ4n) is 0.979. The van der Waals surface area contributed by atoms with E-state index in [1.165, 1.54) is 0 Å². The second-order valence-corrected chi connectivity index (χ2v) is 2.59. The molecular weight excluding hydrogens is 124 g/mol. The van der Waals surface area contributed by atoms with Gasteiger partial charge in [0.1, 0.15) is 0 Å². The predicted molar refractivity (Wildman–Crippen MR) is 34.2 cm³/mol. The van der Waals surface area contributed by atoms with Gasteiger partial charge in [-0.1, -0.05) is 0 Å². The van der Waals surface area contributed by atoms with E-state index in [1.807, 2.05) is 0 Å². The van der Waals surface area contributed by atoms with Gasteiger partial charge in [0.25, 0.3) is 0 Å². The highest BCUT2D eigenvalue weighted by atomic mass is 35.5. The largest absolute Gasteiger partial charge is 0.378 e. The zero-order valence-corrected chi connectivity index (χ0v) is 5.82. The van der Waals surface area contributed by atoms with Crippen LogP contribution in [0.2, 0.25) is 0 Å². The molecule has 0 radical (unpaired) electrons. The summed E-state index contributed by atoms with van der Waals surface area (Å²) in [6, 6.07) is 0. The van der Waals surface area contributed by atoms with Gasteiger partial charge in [-0.15, -0.1) is 11.6 Å². The van der Waals surface area contributed by atoms with Crippen LogP contribution in [0.1, 0.15) is 13.3 Å². The van der Waals surface area contributed by atoms with E-state index in [1.54, 1.807) is 0 Å². The summed E-state index contributed by atoms with van der Waals surface area (Å²) in [5, 5.41) is 0. The first kappa shape index (κ1) is 6.37. The second kappa shape index (κ2) is 2.70. The quantitative estimate of drug-likeness (QED) is 0.496. The van der Waals surface area contributed by atoms with Crippen molar-refractivity contribution in [2.24, 2.45) is 5.92 Å². The summed E-state index contributed by atoms with van der Waals surface area (Å²) in [5.41, 5.74) is 0. The molecule has 2 atom stereocenters. The van der Waals surface area contributed by atoms with E-state index in [2.05, 4.69) is 6.92 Å². The molecule has 1 heterocycles. The maximum absolute atomic E-state index is 5.62. The van der Waals surface area contributed by atoms with Crippen molar-refractivity contribution in [3.63, 3.8) is 0 Å². The molecular formula is C6H11ClO. The molecule has 1 nitrogen and oxygen atoms in total. The lowest BCUT2D eigenvalue weighted by atomic mass is 10.1. The van der Waals surface area contributed by atoms with Crippen LogP contribution in [0.25, 0.3) is 0 Å². The van der Waals surface area contributed by atoms with Crippen molar-refractivity contribution in [2.45, 2.75) is 19.4 Å². The number of ether oxygens (including phenoxy) is 1. The van der Waals surface area contributed by atoms with E-state index in [0.717, 1.165) is 18.9 Å². The molecule has 0 saturated carbocycles. The fraction of sp³-hybridized carbons (Fsp3) is 1.00. The van der Waals surface area contributed by atoms with E-state index in [0.29, 0.717) is 12.0 Å². The summed E-state index contributed by atoms with van der Waals surface area (Å²) >= 11 is 5.62. The zero-order chi connectivity index (χ0) is 5.98. The third-order valence-corrected chi connectivity index (χ3v) is 2.13. The van der Waals surface area contributed by atoms with Gasteiger partial charge >= 0.3 is 0 Å². The number of hydrogen-bond donors (Lipinski definition) is 0. The van der Waals surface area contributed by atoms with Gasteiger partial charge < -0.3 is 4.74 Å². The third-order valence-electron chi connectivity index (χ3n) is 1.73. The first-order valence-corrected chi connectivity index (χ1v) is 3.55. The Morgan fingerprint density at radius 3 is 2.75 bits per heavy atom. The van der Waals surface area contributed by atoms with Crippen LogP contribution >= 0.6 is 11.6 Å². The highest BCUT2D eigenvalue weighted by molar-refractivity contribution is 6.18. The summed E-state index contributed by atoms with van der Waals surface area (Å²) in [6.45, 7) is 2.98. The first-order chi connectivity index (χ1) is 3.84. The molecule has 1 aliphatic heterocycles. The van der Waals surface area contributed by atoms with Crippen LogP contribution in [-0.2, 0) is 4.74 Å². The zero-order valence-electron chi connectivity index (χ0n) is 5.06. The van der Waals surface area contributed by atoms with Crippen molar-refractivity contribution in [1.82, 2.24) is 0 Å². The molecule has 2 unspecified atom stereocenters. The van der Waals surface area contributed by atoms with Crippen molar-refractivity contribution < 1.29 is 4.74 Å². The molecule has 0 spiro atoms. The van der Waals surface area contributed by atoms with Crippen LogP contribution in [0.5, 0.6) is 0 Å². The van der Waals surface area contributed by atoms with Gasteiger partial charge in [0.2, 0.25) is 0 Å². The molecule has 0 aromatic rings. The predicted octanol–water partition coefficient (Wildman–Crippen LogP) is 1.65. The first-order valence-electron chi connectivity index (χ1n) is 3.02.